The van der Waals surface area contributed by atoms with E-state index >= 15 is 0 Å². The molecule has 0 radical (unpaired) electrons. The molecular formula is C13H15FN4. The summed E-state index contributed by atoms with van der Waals surface area (Å²) in [5.74, 6) is 1.31. The van der Waals surface area contributed by atoms with Crippen LogP contribution in [0.5, 0.6) is 0 Å². The predicted molar refractivity (Wildman–Crippen MR) is 66.6 cm³/mol. The van der Waals surface area contributed by atoms with Gasteiger partial charge < -0.3 is 5.73 Å². The van der Waals surface area contributed by atoms with Crippen molar-refractivity contribution in [3.8, 4) is 0 Å². The quantitative estimate of drug-likeness (QED) is 0.839. The van der Waals surface area contributed by atoms with Crippen molar-refractivity contribution in [2.45, 2.75) is 31.7 Å². The maximum atomic E-state index is 13.3. The van der Waals surface area contributed by atoms with Crippen LogP contribution in [0.4, 0.5) is 10.3 Å². The molecule has 18 heavy (non-hydrogen) atoms. The van der Waals surface area contributed by atoms with Crippen LogP contribution in [-0.2, 0) is 6.42 Å². The van der Waals surface area contributed by atoms with E-state index in [0.717, 1.165) is 24.2 Å². The second kappa shape index (κ2) is 4.08. The van der Waals surface area contributed by atoms with Gasteiger partial charge in [0.15, 0.2) is 0 Å². The molecule has 0 bridgehead atoms. The van der Waals surface area contributed by atoms with Crippen LogP contribution in [0, 0.1) is 5.82 Å². The first-order valence-corrected chi connectivity index (χ1v) is 6.11. The monoisotopic (exact) mass is 246 g/mol. The Labute approximate surface area is 105 Å². The van der Waals surface area contributed by atoms with Gasteiger partial charge in [0.1, 0.15) is 11.6 Å². The molecule has 1 aliphatic rings. The smallest absolute Gasteiger partial charge is 0.239 e. The van der Waals surface area contributed by atoms with Crippen molar-refractivity contribution < 1.29 is 4.39 Å². The van der Waals surface area contributed by atoms with Crippen LogP contribution in [0.1, 0.15) is 36.7 Å². The Kier molecular flexibility index (Phi) is 2.54. The largest absolute Gasteiger partial charge is 0.366 e. The standard InChI is InChI=1S/C13H15FN4/c1-8-11(9-3-2-4-10(14)7-9)5-6-12-16-13(15)17-18(8)12/h2-4,7-8,11H,5-6H2,1H3,(H2,15,17). The number of halogens is 1. The van der Waals surface area contributed by atoms with Crippen LogP contribution in [0.2, 0.25) is 0 Å². The van der Waals surface area contributed by atoms with Crippen molar-refractivity contribution >= 4 is 5.95 Å². The van der Waals surface area contributed by atoms with Crippen molar-refractivity contribution in [3.05, 3.63) is 41.5 Å². The third-order valence-electron chi connectivity index (χ3n) is 3.64. The highest BCUT2D eigenvalue weighted by Crippen LogP contribution is 2.37. The molecule has 2 unspecified atom stereocenters. The molecule has 2 heterocycles. The number of aromatic nitrogens is 3. The fourth-order valence-corrected chi connectivity index (χ4v) is 2.75. The number of hydrogen-bond acceptors (Lipinski definition) is 3. The highest BCUT2D eigenvalue weighted by molar-refractivity contribution is 5.25. The zero-order chi connectivity index (χ0) is 12.7. The van der Waals surface area contributed by atoms with Gasteiger partial charge in [-0.25, -0.2) is 9.07 Å². The maximum Gasteiger partial charge on any atom is 0.239 e. The summed E-state index contributed by atoms with van der Waals surface area (Å²) in [4.78, 5) is 4.20. The van der Waals surface area contributed by atoms with Gasteiger partial charge in [-0.05, 0) is 31.0 Å². The molecule has 2 atom stereocenters. The summed E-state index contributed by atoms with van der Waals surface area (Å²) in [6.07, 6.45) is 1.78. The fraction of sp³-hybridized carbons (Fsp3) is 0.385. The molecular weight excluding hydrogens is 231 g/mol. The molecule has 1 aromatic heterocycles. The van der Waals surface area contributed by atoms with Crippen LogP contribution in [0.3, 0.4) is 0 Å². The van der Waals surface area contributed by atoms with E-state index in [1.807, 2.05) is 10.7 Å². The highest BCUT2D eigenvalue weighted by Gasteiger charge is 2.29. The lowest BCUT2D eigenvalue weighted by atomic mass is 9.86. The first kappa shape index (κ1) is 11.2. The molecule has 0 aliphatic carbocycles. The van der Waals surface area contributed by atoms with Crippen molar-refractivity contribution in [2.24, 2.45) is 0 Å². The van der Waals surface area contributed by atoms with Gasteiger partial charge in [-0.15, -0.1) is 5.10 Å². The lowest BCUT2D eigenvalue weighted by Crippen LogP contribution is -2.24. The van der Waals surface area contributed by atoms with Gasteiger partial charge in [0.25, 0.3) is 0 Å². The lowest BCUT2D eigenvalue weighted by Gasteiger charge is -2.29. The third kappa shape index (κ3) is 1.75. The normalized spacial score (nSPS) is 22.8. The predicted octanol–water partition coefficient (Wildman–Crippen LogP) is 2.29. The SMILES string of the molecule is CC1C(c2cccc(F)c2)CCc2nc(N)nn21. The molecule has 94 valence electrons. The molecule has 4 nitrogen and oxygen atoms in total. The molecule has 0 saturated heterocycles. The zero-order valence-corrected chi connectivity index (χ0v) is 10.2. The summed E-state index contributed by atoms with van der Waals surface area (Å²) in [5, 5.41) is 4.22. The van der Waals surface area contributed by atoms with Gasteiger partial charge in [0.05, 0.1) is 6.04 Å². The Morgan fingerprint density at radius 3 is 3.06 bits per heavy atom. The molecule has 2 N–H and O–H groups in total. The molecule has 3 rings (SSSR count). The molecule has 1 aromatic carbocycles. The second-order valence-electron chi connectivity index (χ2n) is 4.77. The Balaban J connectivity index is 1.97. The molecule has 1 aliphatic heterocycles. The van der Waals surface area contributed by atoms with Gasteiger partial charge in [0, 0.05) is 12.3 Å². The molecule has 0 amide bonds. The summed E-state index contributed by atoms with van der Waals surface area (Å²) >= 11 is 0. The van der Waals surface area contributed by atoms with Crippen LogP contribution < -0.4 is 5.73 Å². The van der Waals surface area contributed by atoms with E-state index in [1.54, 1.807) is 12.1 Å². The number of nitrogens with zero attached hydrogens (tertiary/aromatic N) is 3. The first-order valence-electron chi connectivity index (χ1n) is 6.11. The number of nitrogen functional groups attached to an aromatic ring is 1. The second-order valence-corrected chi connectivity index (χ2v) is 4.77. The maximum absolute atomic E-state index is 13.3. The van der Waals surface area contributed by atoms with Gasteiger partial charge in [-0.2, -0.15) is 4.98 Å². The number of benzene rings is 1. The fourth-order valence-electron chi connectivity index (χ4n) is 2.75. The summed E-state index contributed by atoms with van der Waals surface area (Å²) in [5.41, 5.74) is 6.64. The Morgan fingerprint density at radius 2 is 2.28 bits per heavy atom. The van der Waals surface area contributed by atoms with Crippen molar-refractivity contribution in [1.29, 1.82) is 0 Å². The number of nitrogens with two attached hydrogens (primary N) is 1. The Morgan fingerprint density at radius 1 is 1.44 bits per heavy atom. The first-order chi connectivity index (χ1) is 8.65. The highest BCUT2D eigenvalue weighted by atomic mass is 19.1. The van der Waals surface area contributed by atoms with Crippen LogP contribution in [0.25, 0.3) is 0 Å². The Bertz CT molecular complexity index is 578. The molecule has 0 fully saturated rings. The summed E-state index contributed by atoms with van der Waals surface area (Å²) in [7, 11) is 0. The van der Waals surface area contributed by atoms with Crippen LogP contribution in [-0.4, -0.2) is 14.8 Å². The van der Waals surface area contributed by atoms with E-state index in [2.05, 4.69) is 17.0 Å². The van der Waals surface area contributed by atoms with Gasteiger partial charge in [0.2, 0.25) is 5.95 Å². The number of fused-ring (bicyclic) bond motifs is 1. The van der Waals surface area contributed by atoms with E-state index in [0.29, 0.717) is 5.95 Å². The van der Waals surface area contributed by atoms with Gasteiger partial charge >= 0.3 is 0 Å². The topological polar surface area (TPSA) is 56.7 Å². The summed E-state index contributed by atoms with van der Waals surface area (Å²) < 4.78 is 15.2. The average Bonchev–Trinajstić information content (AvgIpc) is 2.71. The molecule has 0 saturated carbocycles. The van der Waals surface area contributed by atoms with E-state index < -0.39 is 0 Å². The van der Waals surface area contributed by atoms with Crippen LogP contribution >= 0.6 is 0 Å². The third-order valence-corrected chi connectivity index (χ3v) is 3.64. The molecule has 5 heteroatoms. The van der Waals surface area contributed by atoms with Crippen LogP contribution in [0.15, 0.2) is 24.3 Å². The van der Waals surface area contributed by atoms with Gasteiger partial charge in [-0.3, -0.25) is 0 Å². The van der Waals surface area contributed by atoms with Crippen molar-refractivity contribution in [2.75, 3.05) is 5.73 Å². The summed E-state index contributed by atoms with van der Waals surface area (Å²) in [6, 6.07) is 6.95. The zero-order valence-electron chi connectivity index (χ0n) is 10.2. The number of rotatable bonds is 1. The van der Waals surface area contributed by atoms with E-state index in [-0.39, 0.29) is 17.8 Å². The van der Waals surface area contributed by atoms with Crippen molar-refractivity contribution in [3.63, 3.8) is 0 Å². The van der Waals surface area contributed by atoms with Gasteiger partial charge in [-0.1, -0.05) is 12.1 Å². The number of aryl methyl sites for hydroxylation is 1. The minimum Gasteiger partial charge on any atom is -0.366 e. The summed E-state index contributed by atoms with van der Waals surface area (Å²) in [6.45, 7) is 2.08. The minimum absolute atomic E-state index is 0.153. The van der Waals surface area contributed by atoms with E-state index in [9.17, 15) is 4.39 Å². The number of anilines is 1. The van der Waals surface area contributed by atoms with E-state index in [4.69, 9.17) is 5.73 Å². The molecule has 2 aromatic rings. The number of hydrogen-bond donors (Lipinski definition) is 1. The molecule has 0 spiro atoms. The average molecular weight is 246 g/mol. The minimum atomic E-state index is -0.191. The Hall–Kier alpha value is -1.91. The van der Waals surface area contributed by atoms with E-state index in [1.165, 1.54) is 6.07 Å². The lowest BCUT2D eigenvalue weighted by molar-refractivity contribution is 0.338. The van der Waals surface area contributed by atoms with Crippen molar-refractivity contribution in [1.82, 2.24) is 14.8 Å².